The highest BCUT2D eigenvalue weighted by Gasteiger charge is 2.40. The lowest BCUT2D eigenvalue weighted by molar-refractivity contribution is -0.134. The van der Waals surface area contributed by atoms with Gasteiger partial charge in [0.1, 0.15) is 0 Å². The molecular weight excluding hydrogens is 324 g/mol. The SMILES string of the molecule is CC(=O)N1CCN(C[C@]2(O)CCN(C(=O)CN3CCOCC3)C2)CC1. The molecule has 1 N–H and O–H groups in total. The average Bonchev–Trinajstić information content (AvgIpc) is 2.98. The molecule has 3 aliphatic rings. The van der Waals surface area contributed by atoms with Gasteiger partial charge in [-0.3, -0.25) is 19.4 Å². The number of piperazine rings is 1. The lowest BCUT2D eigenvalue weighted by Gasteiger charge is -2.38. The number of nitrogens with zero attached hydrogens (tertiary/aromatic N) is 4. The second-order valence-corrected chi connectivity index (χ2v) is 7.46. The number of carbonyl (C=O) groups is 2. The molecule has 0 aromatic rings. The van der Waals surface area contributed by atoms with Crippen LogP contribution in [-0.4, -0.2) is 121 Å². The highest BCUT2D eigenvalue weighted by Crippen LogP contribution is 2.23. The predicted molar refractivity (Wildman–Crippen MR) is 92.1 cm³/mol. The molecular formula is C17H30N4O4. The summed E-state index contributed by atoms with van der Waals surface area (Å²) in [5, 5.41) is 10.9. The van der Waals surface area contributed by atoms with Gasteiger partial charge in [0.05, 0.1) is 31.9 Å². The number of ether oxygens (including phenoxy) is 1. The number of hydrogen-bond acceptors (Lipinski definition) is 6. The van der Waals surface area contributed by atoms with E-state index in [1.54, 1.807) is 11.8 Å². The van der Waals surface area contributed by atoms with Gasteiger partial charge >= 0.3 is 0 Å². The van der Waals surface area contributed by atoms with E-state index in [1.807, 2.05) is 4.90 Å². The number of rotatable bonds is 4. The Labute approximate surface area is 149 Å². The van der Waals surface area contributed by atoms with Crippen molar-refractivity contribution in [3.8, 4) is 0 Å². The molecule has 0 unspecified atom stereocenters. The molecule has 8 nitrogen and oxygen atoms in total. The van der Waals surface area contributed by atoms with Crippen molar-refractivity contribution in [3.05, 3.63) is 0 Å². The Hall–Kier alpha value is -1.22. The van der Waals surface area contributed by atoms with Crippen molar-refractivity contribution in [2.75, 3.05) is 78.7 Å². The molecule has 0 spiro atoms. The molecule has 1 atom stereocenters. The van der Waals surface area contributed by atoms with Gasteiger partial charge in [0.15, 0.2) is 0 Å². The van der Waals surface area contributed by atoms with E-state index in [9.17, 15) is 14.7 Å². The van der Waals surface area contributed by atoms with Crippen LogP contribution in [0.1, 0.15) is 13.3 Å². The van der Waals surface area contributed by atoms with Crippen molar-refractivity contribution in [1.29, 1.82) is 0 Å². The molecule has 0 saturated carbocycles. The number of hydrogen-bond donors (Lipinski definition) is 1. The average molecular weight is 354 g/mol. The van der Waals surface area contributed by atoms with Gasteiger partial charge < -0.3 is 19.6 Å². The van der Waals surface area contributed by atoms with Crippen LogP contribution in [0.15, 0.2) is 0 Å². The Kier molecular flexibility index (Phi) is 5.93. The maximum atomic E-state index is 12.5. The Balaban J connectivity index is 1.44. The van der Waals surface area contributed by atoms with Gasteiger partial charge in [-0.1, -0.05) is 0 Å². The van der Waals surface area contributed by atoms with Crippen LogP contribution in [-0.2, 0) is 14.3 Å². The van der Waals surface area contributed by atoms with E-state index in [4.69, 9.17) is 4.74 Å². The van der Waals surface area contributed by atoms with Crippen molar-refractivity contribution in [3.63, 3.8) is 0 Å². The number of β-amino-alcohol motifs (C(OH)–C–C–N with tert-alkyl or cyclic N) is 1. The molecule has 0 radical (unpaired) electrons. The summed E-state index contributed by atoms with van der Waals surface area (Å²) in [6.45, 7) is 9.55. The minimum Gasteiger partial charge on any atom is -0.387 e. The molecule has 25 heavy (non-hydrogen) atoms. The van der Waals surface area contributed by atoms with E-state index in [2.05, 4.69) is 9.80 Å². The smallest absolute Gasteiger partial charge is 0.236 e. The summed E-state index contributed by atoms with van der Waals surface area (Å²) in [4.78, 5) is 31.8. The minimum absolute atomic E-state index is 0.0965. The number of amides is 2. The zero-order chi connectivity index (χ0) is 17.9. The predicted octanol–water partition coefficient (Wildman–Crippen LogP) is -1.55. The maximum absolute atomic E-state index is 12.5. The number of aliphatic hydroxyl groups is 1. The molecule has 0 aliphatic carbocycles. The van der Waals surface area contributed by atoms with Crippen molar-refractivity contribution < 1.29 is 19.4 Å². The summed E-state index contributed by atoms with van der Waals surface area (Å²) in [6, 6.07) is 0. The van der Waals surface area contributed by atoms with Gasteiger partial charge in [-0.25, -0.2) is 0 Å². The first-order valence-corrected chi connectivity index (χ1v) is 9.23. The summed E-state index contributed by atoms with van der Waals surface area (Å²) in [6.07, 6.45) is 0.620. The van der Waals surface area contributed by atoms with E-state index in [-0.39, 0.29) is 11.8 Å². The van der Waals surface area contributed by atoms with Gasteiger partial charge in [0.2, 0.25) is 11.8 Å². The monoisotopic (exact) mass is 354 g/mol. The van der Waals surface area contributed by atoms with Crippen LogP contribution in [0, 0.1) is 0 Å². The molecule has 8 heteroatoms. The Bertz CT molecular complexity index is 489. The Morgan fingerprint density at radius 3 is 2.28 bits per heavy atom. The third kappa shape index (κ3) is 4.91. The Morgan fingerprint density at radius 1 is 0.960 bits per heavy atom. The zero-order valence-corrected chi connectivity index (χ0v) is 15.2. The normalized spacial score (nSPS) is 29.2. The quantitative estimate of drug-likeness (QED) is 0.659. The van der Waals surface area contributed by atoms with Crippen LogP contribution in [0.5, 0.6) is 0 Å². The van der Waals surface area contributed by atoms with Crippen LogP contribution in [0.4, 0.5) is 0 Å². The summed E-state index contributed by atoms with van der Waals surface area (Å²) in [5.74, 6) is 0.207. The molecule has 2 amide bonds. The lowest BCUT2D eigenvalue weighted by Crippen LogP contribution is -2.54. The van der Waals surface area contributed by atoms with Gasteiger partial charge in [-0.05, 0) is 6.42 Å². The highest BCUT2D eigenvalue weighted by atomic mass is 16.5. The molecule has 3 heterocycles. The molecule has 3 fully saturated rings. The van der Waals surface area contributed by atoms with Crippen LogP contribution in [0.3, 0.4) is 0 Å². The van der Waals surface area contributed by atoms with Crippen LogP contribution in [0.2, 0.25) is 0 Å². The third-order valence-corrected chi connectivity index (χ3v) is 5.48. The topological polar surface area (TPSA) is 76.6 Å². The molecule has 0 aromatic carbocycles. The van der Waals surface area contributed by atoms with Crippen molar-refractivity contribution in [2.24, 2.45) is 0 Å². The van der Waals surface area contributed by atoms with Crippen molar-refractivity contribution >= 4 is 11.8 Å². The van der Waals surface area contributed by atoms with Crippen molar-refractivity contribution in [2.45, 2.75) is 18.9 Å². The summed E-state index contributed by atoms with van der Waals surface area (Å²) in [7, 11) is 0. The molecule has 3 aliphatic heterocycles. The summed E-state index contributed by atoms with van der Waals surface area (Å²) >= 11 is 0. The first kappa shape index (κ1) is 18.6. The standard InChI is InChI=1S/C17H30N4O4/c1-15(22)20-6-4-19(5-7-20)13-17(24)2-3-21(14-17)16(23)12-18-8-10-25-11-9-18/h24H,2-14H2,1H3/t17-/m1/s1. The largest absolute Gasteiger partial charge is 0.387 e. The van der Waals surface area contributed by atoms with Crippen LogP contribution in [0.25, 0.3) is 0 Å². The number of likely N-dealkylation sites (tertiary alicyclic amines) is 1. The third-order valence-electron chi connectivity index (χ3n) is 5.48. The number of carbonyl (C=O) groups excluding carboxylic acids is 2. The van der Waals surface area contributed by atoms with Gasteiger partial charge in [0, 0.05) is 59.3 Å². The molecule has 3 rings (SSSR count). The zero-order valence-electron chi connectivity index (χ0n) is 15.2. The van der Waals surface area contributed by atoms with E-state index in [1.165, 1.54) is 0 Å². The molecule has 0 bridgehead atoms. The highest BCUT2D eigenvalue weighted by molar-refractivity contribution is 5.78. The molecule has 142 valence electrons. The summed E-state index contributed by atoms with van der Waals surface area (Å²) < 4.78 is 5.31. The van der Waals surface area contributed by atoms with E-state index >= 15 is 0 Å². The molecule has 3 saturated heterocycles. The fourth-order valence-electron chi connectivity index (χ4n) is 3.89. The van der Waals surface area contributed by atoms with E-state index < -0.39 is 5.60 Å². The van der Waals surface area contributed by atoms with Gasteiger partial charge in [-0.2, -0.15) is 0 Å². The van der Waals surface area contributed by atoms with E-state index in [0.29, 0.717) is 58.9 Å². The fourth-order valence-corrected chi connectivity index (χ4v) is 3.89. The van der Waals surface area contributed by atoms with Gasteiger partial charge in [0.25, 0.3) is 0 Å². The maximum Gasteiger partial charge on any atom is 0.236 e. The van der Waals surface area contributed by atoms with Gasteiger partial charge in [-0.15, -0.1) is 0 Å². The first-order chi connectivity index (χ1) is 12.0. The second kappa shape index (κ2) is 7.99. The second-order valence-electron chi connectivity index (χ2n) is 7.46. The lowest BCUT2D eigenvalue weighted by atomic mass is 10.0. The fraction of sp³-hybridized carbons (Fsp3) is 0.882. The van der Waals surface area contributed by atoms with Crippen LogP contribution < -0.4 is 0 Å². The van der Waals surface area contributed by atoms with E-state index in [0.717, 1.165) is 26.2 Å². The first-order valence-electron chi connectivity index (χ1n) is 9.23. The molecule has 0 aromatic heterocycles. The number of morpholine rings is 1. The van der Waals surface area contributed by atoms with Crippen LogP contribution >= 0.6 is 0 Å². The minimum atomic E-state index is -0.834. The Morgan fingerprint density at radius 2 is 1.64 bits per heavy atom. The van der Waals surface area contributed by atoms with Crippen molar-refractivity contribution in [1.82, 2.24) is 19.6 Å². The summed E-state index contributed by atoms with van der Waals surface area (Å²) in [5.41, 5.74) is -0.834.